The molecule has 2 aliphatic carbocycles. The minimum absolute atomic E-state index is 0.113. The van der Waals surface area contributed by atoms with Gasteiger partial charge in [0.2, 0.25) is 5.95 Å². The van der Waals surface area contributed by atoms with Crippen molar-refractivity contribution in [2.75, 3.05) is 29.2 Å². The minimum atomic E-state index is -0.367. The summed E-state index contributed by atoms with van der Waals surface area (Å²) in [6.07, 6.45) is 8.22. The number of rotatable bonds is 6. The Hall–Kier alpha value is -2.83. The van der Waals surface area contributed by atoms with Crippen LogP contribution in [0.1, 0.15) is 89.0 Å². The molecule has 0 aliphatic heterocycles. The highest BCUT2D eigenvalue weighted by atomic mass is 16.2. The van der Waals surface area contributed by atoms with Crippen LogP contribution < -0.4 is 20.9 Å². The van der Waals surface area contributed by atoms with E-state index in [1.807, 2.05) is 36.9 Å². The number of primary amides is 1. The predicted octanol–water partition coefficient (Wildman–Crippen LogP) is 5.88. The number of fused-ring (bicyclic) bond motifs is 1. The van der Waals surface area contributed by atoms with Gasteiger partial charge in [-0.1, -0.05) is 45.9 Å². The average molecular weight is 481 g/mol. The van der Waals surface area contributed by atoms with Gasteiger partial charge in [-0.2, -0.15) is 4.98 Å². The lowest BCUT2D eigenvalue weighted by atomic mass is 9.89. The summed E-state index contributed by atoms with van der Waals surface area (Å²) in [6, 6.07) is 8.18. The first-order chi connectivity index (χ1) is 16.8. The predicted molar refractivity (Wildman–Crippen MR) is 147 cm³/mol. The van der Waals surface area contributed by atoms with Crippen LogP contribution in [0.3, 0.4) is 0 Å². The molecule has 2 amide bonds. The Morgan fingerprint density at radius 2 is 1.69 bits per heavy atom. The number of aryl methyl sites for hydroxylation is 1. The number of nitrogens with two attached hydrogens (primary N) is 1. The van der Waals surface area contributed by atoms with Gasteiger partial charge in [-0.25, -0.2) is 9.78 Å². The molecule has 1 fully saturated rings. The van der Waals surface area contributed by atoms with Gasteiger partial charge in [0.1, 0.15) is 5.82 Å². The van der Waals surface area contributed by atoms with Crippen molar-refractivity contribution >= 4 is 23.5 Å². The summed E-state index contributed by atoms with van der Waals surface area (Å²) in [5, 5.41) is 3.60. The van der Waals surface area contributed by atoms with Gasteiger partial charge in [-0.15, -0.1) is 0 Å². The highest BCUT2D eigenvalue weighted by Crippen LogP contribution is 2.34. The Labute approximate surface area is 211 Å². The number of nitrogens with zero attached hydrogens (tertiary/aromatic N) is 4. The number of amides is 2. The lowest BCUT2D eigenvalue weighted by molar-refractivity contribution is 0.248. The van der Waals surface area contributed by atoms with E-state index in [2.05, 4.69) is 44.2 Å². The summed E-state index contributed by atoms with van der Waals surface area (Å²) in [4.78, 5) is 26.2. The molecule has 3 N–H and O–H groups in total. The van der Waals surface area contributed by atoms with E-state index < -0.39 is 0 Å². The maximum atomic E-state index is 12.5. The van der Waals surface area contributed by atoms with E-state index in [1.165, 1.54) is 24.1 Å². The van der Waals surface area contributed by atoms with Crippen LogP contribution in [-0.4, -0.2) is 42.2 Å². The number of benzene rings is 1. The van der Waals surface area contributed by atoms with Crippen molar-refractivity contribution in [2.24, 2.45) is 5.73 Å². The van der Waals surface area contributed by atoms with E-state index in [1.54, 1.807) is 0 Å². The summed E-state index contributed by atoms with van der Waals surface area (Å²) in [7, 11) is 4.11. The molecule has 0 saturated heterocycles. The first-order valence-electron chi connectivity index (χ1n) is 13.4. The highest BCUT2D eigenvalue weighted by Gasteiger charge is 2.31. The van der Waals surface area contributed by atoms with Crippen LogP contribution >= 0.6 is 0 Å². The Bertz CT molecular complexity index is 981. The molecular weight excluding hydrogens is 436 g/mol. The monoisotopic (exact) mass is 480 g/mol. The molecule has 7 heteroatoms. The van der Waals surface area contributed by atoms with Crippen molar-refractivity contribution in [3.63, 3.8) is 0 Å². The average Bonchev–Trinajstić information content (AvgIpc) is 2.86. The summed E-state index contributed by atoms with van der Waals surface area (Å²) < 4.78 is 0. The molecule has 1 aromatic heterocycles. The molecule has 1 aromatic carbocycles. The number of carbonyl (C=O) groups excluding carboxylic acids is 1. The van der Waals surface area contributed by atoms with E-state index in [4.69, 9.17) is 15.7 Å². The zero-order valence-electron chi connectivity index (χ0n) is 22.5. The molecule has 0 unspecified atom stereocenters. The number of aromatic nitrogens is 2. The topological polar surface area (TPSA) is 87.4 Å². The fourth-order valence-corrected chi connectivity index (χ4v) is 5.36. The fourth-order valence-electron chi connectivity index (χ4n) is 5.36. The molecule has 0 radical (unpaired) electrons. The van der Waals surface area contributed by atoms with Crippen LogP contribution in [0.2, 0.25) is 0 Å². The van der Waals surface area contributed by atoms with Gasteiger partial charge in [0.25, 0.3) is 0 Å². The van der Waals surface area contributed by atoms with Crippen molar-refractivity contribution in [2.45, 2.75) is 97.1 Å². The Morgan fingerprint density at radius 3 is 2.31 bits per heavy atom. The zero-order chi connectivity index (χ0) is 25.5. The van der Waals surface area contributed by atoms with Crippen molar-refractivity contribution in [1.29, 1.82) is 0 Å². The van der Waals surface area contributed by atoms with Crippen LogP contribution in [0.15, 0.2) is 24.3 Å². The molecule has 0 bridgehead atoms. The van der Waals surface area contributed by atoms with Gasteiger partial charge >= 0.3 is 6.03 Å². The van der Waals surface area contributed by atoms with E-state index >= 15 is 0 Å². The highest BCUT2D eigenvalue weighted by molar-refractivity contribution is 5.92. The lowest BCUT2D eigenvalue weighted by Crippen LogP contribution is -2.47. The van der Waals surface area contributed by atoms with E-state index in [0.29, 0.717) is 12.0 Å². The summed E-state index contributed by atoms with van der Waals surface area (Å²) in [6.45, 7) is 8.30. The summed E-state index contributed by atoms with van der Waals surface area (Å²) >= 11 is 0. The second kappa shape index (κ2) is 12.2. The third kappa shape index (κ3) is 6.24. The van der Waals surface area contributed by atoms with Crippen LogP contribution in [0.5, 0.6) is 0 Å². The molecule has 0 spiro atoms. The largest absolute Gasteiger partial charge is 0.362 e. The van der Waals surface area contributed by atoms with Crippen LogP contribution in [0.4, 0.5) is 22.2 Å². The van der Waals surface area contributed by atoms with Gasteiger partial charge in [-0.3, -0.25) is 4.90 Å². The van der Waals surface area contributed by atoms with Crippen molar-refractivity contribution in [1.82, 2.24) is 9.97 Å². The fraction of sp³-hybridized carbons (Fsp3) is 0.607. The summed E-state index contributed by atoms with van der Waals surface area (Å²) in [5.74, 6) is 2.11. The number of urea groups is 1. The van der Waals surface area contributed by atoms with Gasteiger partial charge < -0.3 is 16.0 Å². The number of hydrogen-bond donors (Lipinski definition) is 2. The number of hydrogen-bond acceptors (Lipinski definition) is 5. The normalized spacial score (nSPS) is 19.3. The SMILES string of the molecule is CC.CC(C)c1ccccc1N(C(N)=O)C1CCC(Nc2nc3c(c(N(C)C)n2)CCCC3)CC1. The maximum absolute atomic E-state index is 12.5. The first kappa shape index (κ1) is 26.8. The van der Waals surface area contributed by atoms with Crippen molar-refractivity contribution < 1.29 is 4.79 Å². The third-order valence-corrected chi connectivity index (χ3v) is 7.04. The van der Waals surface area contributed by atoms with Gasteiger partial charge in [0.15, 0.2) is 0 Å². The number of nitrogens with one attached hydrogen (secondary N) is 1. The third-order valence-electron chi connectivity index (χ3n) is 7.04. The number of para-hydroxylation sites is 1. The molecule has 2 aromatic rings. The number of anilines is 3. The molecule has 7 nitrogen and oxygen atoms in total. The Balaban J connectivity index is 0.00000167. The Kier molecular flexibility index (Phi) is 9.35. The standard InChI is InChI=1S/C26H38N6O.C2H6/c1-17(2)20-9-6-8-12-23(20)32(25(27)33)19-15-13-18(14-16-19)28-26-29-22-11-7-5-10-21(22)24(30-26)31(3)4;1-2/h6,8-9,12,17-19H,5,7,10-11,13-16H2,1-4H3,(H2,27,33)(H,28,29,30);1-2H3. The maximum Gasteiger partial charge on any atom is 0.319 e. The summed E-state index contributed by atoms with van der Waals surface area (Å²) in [5.41, 5.74) is 10.5. The van der Waals surface area contributed by atoms with Gasteiger partial charge in [0, 0.05) is 37.4 Å². The minimum Gasteiger partial charge on any atom is -0.362 e. The van der Waals surface area contributed by atoms with E-state index in [0.717, 1.165) is 61.5 Å². The Morgan fingerprint density at radius 1 is 1.03 bits per heavy atom. The van der Waals surface area contributed by atoms with E-state index in [-0.39, 0.29) is 12.1 Å². The van der Waals surface area contributed by atoms with Gasteiger partial charge in [0.05, 0.1) is 5.69 Å². The molecule has 192 valence electrons. The van der Waals surface area contributed by atoms with E-state index in [9.17, 15) is 4.79 Å². The molecular formula is C28H44N6O. The first-order valence-corrected chi connectivity index (χ1v) is 13.4. The van der Waals surface area contributed by atoms with Gasteiger partial charge in [-0.05, 0) is 68.9 Å². The molecule has 1 heterocycles. The zero-order valence-corrected chi connectivity index (χ0v) is 22.5. The smallest absolute Gasteiger partial charge is 0.319 e. The molecule has 0 atom stereocenters. The van der Waals surface area contributed by atoms with Crippen LogP contribution in [-0.2, 0) is 12.8 Å². The second-order valence-corrected chi connectivity index (χ2v) is 9.97. The quantitative estimate of drug-likeness (QED) is 0.539. The number of carbonyl (C=O) groups is 1. The van der Waals surface area contributed by atoms with Crippen LogP contribution in [0, 0.1) is 0 Å². The van der Waals surface area contributed by atoms with Crippen LogP contribution in [0.25, 0.3) is 0 Å². The molecule has 4 rings (SSSR count). The lowest BCUT2D eigenvalue weighted by Gasteiger charge is -2.37. The second-order valence-electron chi connectivity index (χ2n) is 9.97. The molecule has 35 heavy (non-hydrogen) atoms. The molecule has 1 saturated carbocycles. The van der Waals surface area contributed by atoms with Crippen molar-refractivity contribution in [3.8, 4) is 0 Å². The molecule has 2 aliphatic rings. The van der Waals surface area contributed by atoms with Crippen molar-refractivity contribution in [3.05, 3.63) is 41.1 Å².